The number of ether oxygens (including phenoxy) is 3. The van der Waals surface area contributed by atoms with Crippen molar-refractivity contribution in [3.05, 3.63) is 35.4 Å². The molecule has 0 bridgehead atoms. The van der Waals surface area contributed by atoms with E-state index in [1.807, 2.05) is 0 Å². The third-order valence-corrected chi connectivity index (χ3v) is 3.56. The van der Waals surface area contributed by atoms with Gasteiger partial charge in [0.2, 0.25) is 5.82 Å². The van der Waals surface area contributed by atoms with Gasteiger partial charge in [-0.15, -0.1) is 0 Å². The molecule has 1 heterocycles. The minimum Gasteiger partial charge on any atom is -0.443 e. The third-order valence-electron chi connectivity index (χ3n) is 3.27. The molecule has 0 fully saturated rings. The highest BCUT2D eigenvalue weighted by Gasteiger charge is 2.36. The summed E-state index contributed by atoms with van der Waals surface area (Å²) in [5.74, 6) is -2.43. The molecule has 2 aromatic rings. The number of amides is 2. The Hall–Kier alpha value is -3.14. The molecule has 0 saturated carbocycles. The van der Waals surface area contributed by atoms with Crippen molar-refractivity contribution in [1.29, 1.82) is 0 Å². The van der Waals surface area contributed by atoms with Crippen molar-refractivity contribution in [1.82, 2.24) is 9.97 Å². The maximum absolute atomic E-state index is 15.2. The van der Waals surface area contributed by atoms with Gasteiger partial charge in [-0.05, 0) is 59.7 Å². The van der Waals surface area contributed by atoms with Crippen molar-refractivity contribution in [2.45, 2.75) is 52.7 Å². The quantitative estimate of drug-likeness (QED) is 0.619. The number of aromatic nitrogens is 2. The minimum absolute atomic E-state index is 0.0560. The molecule has 0 saturated heterocycles. The molecule has 1 aromatic carbocycles. The van der Waals surface area contributed by atoms with E-state index >= 15 is 4.39 Å². The van der Waals surface area contributed by atoms with Gasteiger partial charge in [0.05, 0.1) is 5.02 Å². The van der Waals surface area contributed by atoms with Crippen LogP contribution >= 0.6 is 11.6 Å². The van der Waals surface area contributed by atoms with Gasteiger partial charge in [0.25, 0.3) is 5.88 Å². The lowest BCUT2D eigenvalue weighted by Gasteiger charge is -2.28. The molecular weight excluding hydrogens is 431 g/mol. The summed E-state index contributed by atoms with van der Waals surface area (Å²) in [6.45, 7) is 9.54. The molecule has 11 heteroatoms. The van der Waals surface area contributed by atoms with Crippen molar-refractivity contribution >= 4 is 35.3 Å². The highest BCUT2D eigenvalue weighted by atomic mass is 35.5. The number of nitrogen functional groups attached to an aromatic ring is 1. The van der Waals surface area contributed by atoms with Gasteiger partial charge in [0.1, 0.15) is 23.3 Å². The fraction of sp³-hybridized carbons (Fsp3) is 0.400. The number of benzene rings is 1. The van der Waals surface area contributed by atoms with Crippen LogP contribution in [0, 0.1) is 5.82 Å². The van der Waals surface area contributed by atoms with Gasteiger partial charge in [0, 0.05) is 5.69 Å². The fourth-order valence-electron chi connectivity index (χ4n) is 2.14. The van der Waals surface area contributed by atoms with Crippen molar-refractivity contribution in [2.75, 3.05) is 10.6 Å². The number of nitrogens with zero attached hydrogens (tertiary/aromatic N) is 3. The zero-order chi connectivity index (χ0) is 23.6. The van der Waals surface area contributed by atoms with E-state index in [-0.39, 0.29) is 10.8 Å². The number of rotatable bonds is 3. The van der Waals surface area contributed by atoms with E-state index in [1.165, 1.54) is 18.2 Å². The molecule has 0 aliphatic rings. The summed E-state index contributed by atoms with van der Waals surface area (Å²) in [7, 11) is 0. The van der Waals surface area contributed by atoms with Gasteiger partial charge in [-0.25, -0.2) is 14.6 Å². The lowest BCUT2D eigenvalue weighted by atomic mass is 10.2. The van der Waals surface area contributed by atoms with Gasteiger partial charge in [-0.3, -0.25) is 0 Å². The first kappa shape index (κ1) is 24.1. The molecule has 2 N–H and O–H groups in total. The Labute approximate surface area is 184 Å². The van der Waals surface area contributed by atoms with Crippen LogP contribution in [0.3, 0.4) is 0 Å². The maximum atomic E-state index is 15.2. The highest BCUT2D eigenvalue weighted by molar-refractivity contribution is 6.32. The van der Waals surface area contributed by atoms with Gasteiger partial charge >= 0.3 is 12.2 Å². The van der Waals surface area contributed by atoms with Crippen LogP contribution in [0.5, 0.6) is 11.6 Å². The van der Waals surface area contributed by atoms with Crippen LogP contribution in [0.4, 0.5) is 25.5 Å². The predicted octanol–water partition coefficient (Wildman–Crippen LogP) is 5.32. The second kappa shape index (κ2) is 8.93. The van der Waals surface area contributed by atoms with Crippen LogP contribution in [-0.4, -0.2) is 33.4 Å². The lowest BCUT2D eigenvalue weighted by molar-refractivity contribution is 0.0427. The molecule has 0 aliphatic heterocycles. The topological polar surface area (TPSA) is 117 Å². The van der Waals surface area contributed by atoms with Crippen molar-refractivity contribution in [3.8, 4) is 11.6 Å². The van der Waals surface area contributed by atoms with Gasteiger partial charge in [-0.2, -0.15) is 14.3 Å². The molecule has 1 aromatic heterocycles. The molecular formula is C20H24ClFN4O5. The zero-order valence-corrected chi connectivity index (χ0v) is 18.8. The molecule has 0 radical (unpaired) electrons. The molecule has 2 rings (SSSR count). The fourth-order valence-corrected chi connectivity index (χ4v) is 2.37. The number of hydrogen-bond acceptors (Lipinski definition) is 8. The standard InChI is InChI=1S/C20H24ClFN4O5/c1-19(2,3)30-17(27)26(18(28)31-20(4,5)6)15-14(22)16(25-10-24-15)29-13-8-7-11(23)9-12(13)21/h7-10H,23H2,1-6H3. The van der Waals surface area contributed by atoms with E-state index in [0.717, 1.165) is 6.33 Å². The van der Waals surface area contributed by atoms with E-state index in [9.17, 15) is 9.59 Å². The molecule has 0 atom stereocenters. The molecule has 0 unspecified atom stereocenters. The summed E-state index contributed by atoms with van der Waals surface area (Å²) >= 11 is 6.05. The number of carbonyl (C=O) groups is 2. The SMILES string of the molecule is CC(C)(C)OC(=O)N(C(=O)OC(C)(C)C)c1ncnc(Oc2ccc(N)cc2Cl)c1F. The van der Waals surface area contributed by atoms with Crippen LogP contribution in [0.1, 0.15) is 41.5 Å². The highest BCUT2D eigenvalue weighted by Crippen LogP contribution is 2.33. The Kier molecular flexibility index (Phi) is 6.95. The second-order valence-electron chi connectivity index (χ2n) is 8.40. The Morgan fingerprint density at radius 2 is 1.58 bits per heavy atom. The lowest BCUT2D eigenvalue weighted by Crippen LogP contribution is -2.44. The van der Waals surface area contributed by atoms with E-state index in [2.05, 4.69) is 9.97 Å². The van der Waals surface area contributed by atoms with Gasteiger partial charge < -0.3 is 19.9 Å². The normalized spacial score (nSPS) is 11.6. The van der Waals surface area contributed by atoms with Gasteiger partial charge in [-0.1, -0.05) is 11.6 Å². The maximum Gasteiger partial charge on any atom is 0.425 e. The summed E-state index contributed by atoms with van der Waals surface area (Å²) in [4.78, 5) is 33.2. The predicted molar refractivity (Wildman–Crippen MR) is 113 cm³/mol. The summed E-state index contributed by atoms with van der Waals surface area (Å²) in [6.07, 6.45) is -1.45. The van der Waals surface area contributed by atoms with Crippen LogP contribution in [0.25, 0.3) is 0 Å². The van der Waals surface area contributed by atoms with Crippen LogP contribution in [0.2, 0.25) is 5.02 Å². The molecule has 0 aliphatic carbocycles. The summed E-state index contributed by atoms with van der Waals surface area (Å²) in [6, 6.07) is 4.32. The van der Waals surface area contributed by atoms with E-state index in [0.29, 0.717) is 10.6 Å². The number of imide groups is 1. The van der Waals surface area contributed by atoms with Crippen molar-refractivity contribution < 1.29 is 28.2 Å². The van der Waals surface area contributed by atoms with Crippen LogP contribution < -0.4 is 15.4 Å². The minimum atomic E-state index is -1.20. The molecule has 168 valence electrons. The Morgan fingerprint density at radius 1 is 1.03 bits per heavy atom. The smallest absolute Gasteiger partial charge is 0.425 e. The summed E-state index contributed by atoms with van der Waals surface area (Å²) in [5, 5.41) is 0.107. The van der Waals surface area contributed by atoms with E-state index < -0.39 is 40.9 Å². The zero-order valence-electron chi connectivity index (χ0n) is 18.0. The number of carbonyl (C=O) groups excluding carboxylic acids is 2. The Morgan fingerprint density at radius 3 is 2.06 bits per heavy atom. The molecule has 2 amide bonds. The van der Waals surface area contributed by atoms with Crippen LogP contribution in [0.15, 0.2) is 24.5 Å². The Bertz CT molecular complexity index is 961. The van der Waals surface area contributed by atoms with Crippen molar-refractivity contribution in [3.63, 3.8) is 0 Å². The van der Waals surface area contributed by atoms with E-state index in [4.69, 9.17) is 31.5 Å². The van der Waals surface area contributed by atoms with Crippen molar-refractivity contribution in [2.24, 2.45) is 0 Å². The number of nitrogens with two attached hydrogens (primary N) is 1. The molecule has 0 spiro atoms. The largest absolute Gasteiger partial charge is 0.443 e. The average Bonchev–Trinajstić information content (AvgIpc) is 2.57. The first-order chi connectivity index (χ1) is 14.2. The summed E-state index contributed by atoms with van der Waals surface area (Å²) < 4.78 is 31.1. The third kappa shape index (κ3) is 6.68. The Balaban J connectivity index is 2.49. The molecule has 9 nitrogen and oxygen atoms in total. The van der Waals surface area contributed by atoms with Gasteiger partial charge in [0.15, 0.2) is 5.82 Å². The first-order valence-electron chi connectivity index (χ1n) is 9.17. The summed E-state index contributed by atoms with van der Waals surface area (Å²) in [5.41, 5.74) is 4.06. The monoisotopic (exact) mass is 454 g/mol. The number of halogens is 2. The van der Waals surface area contributed by atoms with Crippen LogP contribution in [-0.2, 0) is 9.47 Å². The number of anilines is 2. The number of hydrogen-bond donors (Lipinski definition) is 1. The average molecular weight is 455 g/mol. The molecule has 31 heavy (non-hydrogen) atoms. The van der Waals surface area contributed by atoms with E-state index in [1.54, 1.807) is 41.5 Å². The second-order valence-corrected chi connectivity index (χ2v) is 8.81. The first-order valence-corrected chi connectivity index (χ1v) is 9.55.